The topological polar surface area (TPSA) is 109 Å². The van der Waals surface area contributed by atoms with E-state index in [0.29, 0.717) is 0 Å². The summed E-state index contributed by atoms with van der Waals surface area (Å²) >= 11 is 0. The summed E-state index contributed by atoms with van der Waals surface area (Å²) in [6.45, 7) is 3.91. The van der Waals surface area contributed by atoms with Crippen molar-refractivity contribution >= 4 is 17.8 Å². The van der Waals surface area contributed by atoms with Gasteiger partial charge in [0, 0.05) is 26.3 Å². The minimum Gasteiger partial charge on any atom is -0.457 e. The van der Waals surface area contributed by atoms with Crippen LogP contribution in [0.25, 0.3) is 0 Å². The van der Waals surface area contributed by atoms with E-state index >= 15 is 0 Å². The maximum absolute atomic E-state index is 11.7. The van der Waals surface area contributed by atoms with E-state index in [0.717, 1.165) is 5.56 Å². The first-order valence-corrected chi connectivity index (χ1v) is 8.94. The van der Waals surface area contributed by atoms with Crippen molar-refractivity contribution in [3.8, 4) is 0 Å². The van der Waals surface area contributed by atoms with Gasteiger partial charge in [-0.05, 0) is 0 Å². The summed E-state index contributed by atoms with van der Waals surface area (Å²) in [6.07, 6.45) is -4.15. The molecular weight excluding hydrogens is 370 g/mol. The van der Waals surface area contributed by atoms with Crippen LogP contribution >= 0.6 is 0 Å². The number of benzene rings is 1. The maximum Gasteiger partial charge on any atom is 0.305 e. The average Bonchev–Trinajstić information content (AvgIpc) is 2.64. The molecule has 1 amide bonds. The highest BCUT2D eigenvalue weighted by atomic mass is 16.8. The molecule has 2 aliphatic rings. The normalized spacial score (nSPS) is 32.0. The maximum atomic E-state index is 11.7. The molecule has 1 aromatic carbocycles. The molecule has 0 unspecified atom stereocenters. The largest absolute Gasteiger partial charge is 0.457 e. The van der Waals surface area contributed by atoms with Crippen LogP contribution in [0.15, 0.2) is 30.3 Å². The van der Waals surface area contributed by atoms with Crippen molar-refractivity contribution in [2.45, 2.75) is 57.7 Å². The molecule has 2 fully saturated rings. The van der Waals surface area contributed by atoms with Gasteiger partial charge in [0.25, 0.3) is 0 Å². The second-order valence-corrected chi connectivity index (χ2v) is 6.63. The lowest BCUT2D eigenvalue weighted by Gasteiger charge is -2.48. The van der Waals surface area contributed by atoms with Gasteiger partial charge in [0.1, 0.15) is 18.2 Å². The molecule has 0 aliphatic carbocycles. The molecule has 0 bridgehead atoms. The number of esters is 2. The molecule has 0 radical (unpaired) electrons. The number of nitrogens with one attached hydrogen (secondary N) is 1. The fourth-order valence-electron chi connectivity index (χ4n) is 3.34. The molecule has 9 nitrogen and oxygen atoms in total. The van der Waals surface area contributed by atoms with Crippen molar-refractivity contribution in [1.29, 1.82) is 0 Å². The first-order valence-electron chi connectivity index (χ1n) is 8.94. The third-order valence-corrected chi connectivity index (χ3v) is 4.36. The standard InChI is InChI=1S/C19H23NO8/c1-10(21)20-15-17(25-11(2)22)16-14(27-19(15)26-12(3)23)9-24-18(28-16)13-7-5-4-6-8-13/h4-8,14-19H,9H2,1-3H3,(H,20,21)/t14-,15-,16-,17-,18+,19+/m1/s1. The predicted octanol–water partition coefficient (Wildman–Crippen LogP) is 0.825. The van der Waals surface area contributed by atoms with Crippen molar-refractivity contribution in [3.63, 3.8) is 0 Å². The van der Waals surface area contributed by atoms with Crippen molar-refractivity contribution in [2.24, 2.45) is 0 Å². The Balaban J connectivity index is 1.88. The molecule has 0 aromatic heterocycles. The van der Waals surface area contributed by atoms with Gasteiger partial charge >= 0.3 is 11.9 Å². The summed E-state index contributed by atoms with van der Waals surface area (Å²) in [6, 6.07) is 8.35. The fourth-order valence-corrected chi connectivity index (χ4v) is 3.34. The SMILES string of the molecule is CC(=O)N[C@H]1[C@@H](OC(C)=O)O[C@@H]2CO[C@H](c3ccccc3)O[C@H]2[C@@H]1OC(C)=O. The van der Waals surface area contributed by atoms with E-state index in [1.807, 2.05) is 30.3 Å². The Kier molecular flexibility index (Phi) is 6.28. The van der Waals surface area contributed by atoms with Gasteiger partial charge in [0.2, 0.25) is 12.2 Å². The van der Waals surface area contributed by atoms with E-state index in [2.05, 4.69) is 5.32 Å². The first kappa shape index (κ1) is 20.2. The lowest BCUT2D eigenvalue weighted by molar-refractivity contribution is -0.339. The Morgan fingerprint density at radius 3 is 2.29 bits per heavy atom. The summed E-state index contributed by atoms with van der Waals surface area (Å²) in [5.74, 6) is -1.55. The minimum absolute atomic E-state index is 0.131. The van der Waals surface area contributed by atoms with Gasteiger partial charge in [-0.1, -0.05) is 30.3 Å². The molecule has 1 aromatic rings. The van der Waals surface area contributed by atoms with Gasteiger partial charge < -0.3 is 29.0 Å². The number of rotatable bonds is 4. The zero-order valence-corrected chi connectivity index (χ0v) is 15.8. The van der Waals surface area contributed by atoms with Crippen molar-refractivity contribution < 1.29 is 38.1 Å². The van der Waals surface area contributed by atoms with Crippen LogP contribution in [0.4, 0.5) is 0 Å². The Hall–Kier alpha value is -2.49. The molecule has 152 valence electrons. The number of hydrogen-bond acceptors (Lipinski definition) is 8. The third kappa shape index (κ3) is 4.67. The smallest absolute Gasteiger partial charge is 0.305 e. The number of carbonyl (C=O) groups excluding carboxylic acids is 3. The summed E-state index contributed by atoms with van der Waals surface area (Å²) in [5, 5.41) is 2.64. The van der Waals surface area contributed by atoms with Gasteiger partial charge in [0.05, 0.1) is 6.61 Å². The molecular formula is C19H23NO8. The van der Waals surface area contributed by atoms with Crippen LogP contribution in [-0.2, 0) is 38.1 Å². The van der Waals surface area contributed by atoms with Crippen molar-refractivity contribution in [3.05, 3.63) is 35.9 Å². The molecule has 2 saturated heterocycles. The number of hydrogen-bond donors (Lipinski definition) is 1. The Labute approximate surface area is 162 Å². The molecule has 0 spiro atoms. The van der Waals surface area contributed by atoms with Crippen molar-refractivity contribution in [1.82, 2.24) is 5.32 Å². The second kappa shape index (κ2) is 8.68. The van der Waals surface area contributed by atoms with Gasteiger partial charge in [-0.3, -0.25) is 14.4 Å². The molecule has 28 heavy (non-hydrogen) atoms. The van der Waals surface area contributed by atoms with Gasteiger partial charge in [-0.2, -0.15) is 0 Å². The van der Waals surface area contributed by atoms with Crippen molar-refractivity contribution in [2.75, 3.05) is 6.61 Å². The van der Waals surface area contributed by atoms with Gasteiger partial charge in [0.15, 0.2) is 12.4 Å². The van der Waals surface area contributed by atoms with Crippen LogP contribution in [-0.4, -0.2) is 55.1 Å². The Morgan fingerprint density at radius 1 is 1.00 bits per heavy atom. The van der Waals surface area contributed by atoms with Gasteiger partial charge in [-0.25, -0.2) is 0 Å². The van der Waals surface area contributed by atoms with Gasteiger partial charge in [-0.15, -0.1) is 0 Å². The molecule has 6 atom stereocenters. The van der Waals surface area contributed by atoms with Crippen LogP contribution in [0, 0.1) is 0 Å². The number of ether oxygens (including phenoxy) is 5. The highest BCUT2D eigenvalue weighted by molar-refractivity contribution is 5.73. The zero-order chi connectivity index (χ0) is 20.3. The second-order valence-electron chi connectivity index (χ2n) is 6.63. The lowest BCUT2D eigenvalue weighted by atomic mass is 9.95. The lowest BCUT2D eigenvalue weighted by Crippen LogP contribution is -2.67. The van der Waals surface area contributed by atoms with E-state index in [1.54, 1.807) is 0 Å². The summed E-state index contributed by atoms with van der Waals surface area (Å²) in [5.41, 5.74) is 0.792. The minimum atomic E-state index is -1.15. The molecule has 0 saturated carbocycles. The molecule has 9 heteroatoms. The number of carbonyl (C=O) groups is 3. The molecule has 3 rings (SSSR count). The quantitative estimate of drug-likeness (QED) is 0.749. The molecule has 2 aliphatic heterocycles. The molecule has 1 N–H and O–H groups in total. The monoisotopic (exact) mass is 393 g/mol. The summed E-state index contributed by atoms with van der Waals surface area (Å²) in [4.78, 5) is 34.9. The highest BCUT2D eigenvalue weighted by Crippen LogP contribution is 2.35. The zero-order valence-electron chi connectivity index (χ0n) is 15.8. The van der Waals surface area contributed by atoms with E-state index < -0.39 is 54.8 Å². The van der Waals surface area contributed by atoms with Crippen LogP contribution in [0.2, 0.25) is 0 Å². The number of fused-ring (bicyclic) bond motifs is 1. The molecule has 2 heterocycles. The third-order valence-electron chi connectivity index (χ3n) is 4.36. The van der Waals surface area contributed by atoms with E-state index in [1.165, 1.54) is 20.8 Å². The highest BCUT2D eigenvalue weighted by Gasteiger charge is 2.53. The van der Waals surface area contributed by atoms with Crippen LogP contribution in [0.5, 0.6) is 0 Å². The Bertz CT molecular complexity index is 724. The fraction of sp³-hybridized carbons (Fsp3) is 0.526. The van der Waals surface area contributed by atoms with E-state index in [4.69, 9.17) is 23.7 Å². The van der Waals surface area contributed by atoms with E-state index in [9.17, 15) is 14.4 Å². The average molecular weight is 393 g/mol. The van der Waals surface area contributed by atoms with E-state index in [-0.39, 0.29) is 6.61 Å². The first-order chi connectivity index (χ1) is 13.3. The summed E-state index contributed by atoms with van der Waals surface area (Å²) < 4.78 is 28.3. The summed E-state index contributed by atoms with van der Waals surface area (Å²) in [7, 11) is 0. The van der Waals surface area contributed by atoms with Crippen LogP contribution < -0.4 is 5.32 Å². The van der Waals surface area contributed by atoms with Crippen LogP contribution in [0.3, 0.4) is 0 Å². The predicted molar refractivity (Wildman–Crippen MR) is 93.6 cm³/mol. The Morgan fingerprint density at radius 2 is 1.68 bits per heavy atom. The number of amides is 1. The van der Waals surface area contributed by atoms with Crippen LogP contribution in [0.1, 0.15) is 32.6 Å².